The maximum absolute atomic E-state index is 11.2. The van der Waals surface area contributed by atoms with Gasteiger partial charge in [0.25, 0.3) is 0 Å². The molecule has 1 N–H and O–H groups in total. The van der Waals surface area contributed by atoms with Gasteiger partial charge in [-0.25, -0.2) is 13.4 Å². The van der Waals surface area contributed by atoms with E-state index >= 15 is 0 Å². The van der Waals surface area contributed by atoms with Gasteiger partial charge >= 0.3 is 0 Å². The molecule has 2 aromatic rings. The Bertz CT molecular complexity index is 634. The number of nitrogens with one attached hydrogen (secondary N) is 1. The summed E-state index contributed by atoms with van der Waals surface area (Å²) >= 11 is 0. The van der Waals surface area contributed by atoms with Gasteiger partial charge in [-0.1, -0.05) is 12.1 Å². The Morgan fingerprint density at radius 3 is 2.55 bits per heavy atom. The average molecular weight is 293 g/mol. The van der Waals surface area contributed by atoms with Crippen molar-refractivity contribution in [1.29, 1.82) is 0 Å². The van der Waals surface area contributed by atoms with Crippen LogP contribution in [-0.2, 0) is 16.4 Å². The minimum Gasteiger partial charge on any atom is -0.309 e. The van der Waals surface area contributed by atoms with Crippen molar-refractivity contribution in [2.24, 2.45) is 0 Å². The third kappa shape index (κ3) is 4.47. The van der Waals surface area contributed by atoms with Gasteiger partial charge in [0.2, 0.25) is 0 Å². The maximum Gasteiger partial charge on any atom is 0.148 e. The summed E-state index contributed by atoms with van der Waals surface area (Å²) in [6.45, 7) is 2.53. The molecule has 1 aromatic carbocycles. The molecule has 0 aliphatic heterocycles. The monoisotopic (exact) mass is 293 g/mol. The number of sulfone groups is 1. The Morgan fingerprint density at radius 2 is 2.00 bits per heavy atom. The Hall–Kier alpha value is -1.66. The van der Waals surface area contributed by atoms with Crippen LogP contribution in [0.25, 0.3) is 5.69 Å². The Balaban J connectivity index is 1.91. The number of aromatic nitrogens is 2. The first-order valence-corrected chi connectivity index (χ1v) is 8.48. The van der Waals surface area contributed by atoms with Gasteiger partial charge in [0, 0.05) is 36.9 Å². The maximum atomic E-state index is 11.2. The van der Waals surface area contributed by atoms with Crippen LogP contribution in [0.1, 0.15) is 12.5 Å². The molecule has 1 heterocycles. The van der Waals surface area contributed by atoms with Crippen LogP contribution in [0.4, 0.5) is 0 Å². The number of nitrogens with zero attached hydrogens (tertiary/aromatic N) is 2. The SMILES string of the molecule is CC(CS(C)(=O)=O)NCc1ccc(-n2ccnc2)cc1. The van der Waals surface area contributed by atoms with E-state index in [-0.39, 0.29) is 11.8 Å². The van der Waals surface area contributed by atoms with E-state index in [0.717, 1.165) is 11.3 Å². The van der Waals surface area contributed by atoms with E-state index in [1.807, 2.05) is 42.0 Å². The van der Waals surface area contributed by atoms with Crippen LogP contribution in [0.2, 0.25) is 0 Å². The van der Waals surface area contributed by atoms with E-state index in [4.69, 9.17) is 0 Å². The third-order valence-corrected chi connectivity index (χ3v) is 4.05. The lowest BCUT2D eigenvalue weighted by Crippen LogP contribution is -2.32. The lowest BCUT2D eigenvalue weighted by Gasteiger charge is -2.13. The van der Waals surface area contributed by atoms with Crippen molar-refractivity contribution < 1.29 is 8.42 Å². The second-order valence-electron chi connectivity index (χ2n) is 5.01. The topological polar surface area (TPSA) is 64.0 Å². The highest BCUT2D eigenvalue weighted by Crippen LogP contribution is 2.09. The smallest absolute Gasteiger partial charge is 0.148 e. The minimum absolute atomic E-state index is 0.0571. The second kappa shape index (κ2) is 6.19. The van der Waals surface area contributed by atoms with E-state index in [9.17, 15) is 8.42 Å². The van der Waals surface area contributed by atoms with E-state index in [1.165, 1.54) is 6.26 Å². The number of hydrogen-bond donors (Lipinski definition) is 1. The van der Waals surface area contributed by atoms with Crippen molar-refractivity contribution in [2.45, 2.75) is 19.5 Å². The van der Waals surface area contributed by atoms with Crippen LogP contribution in [0.3, 0.4) is 0 Å². The molecule has 1 atom stereocenters. The summed E-state index contributed by atoms with van der Waals surface area (Å²) in [7, 11) is -2.94. The normalized spacial score (nSPS) is 13.3. The highest BCUT2D eigenvalue weighted by Gasteiger charge is 2.09. The van der Waals surface area contributed by atoms with Crippen LogP contribution in [-0.4, -0.2) is 36.0 Å². The van der Waals surface area contributed by atoms with Gasteiger partial charge < -0.3 is 9.88 Å². The average Bonchev–Trinajstić information content (AvgIpc) is 2.89. The molecule has 2 rings (SSSR count). The molecule has 1 unspecified atom stereocenters. The zero-order valence-corrected chi connectivity index (χ0v) is 12.5. The van der Waals surface area contributed by atoms with Crippen molar-refractivity contribution in [3.8, 4) is 5.69 Å². The lowest BCUT2D eigenvalue weighted by atomic mass is 10.2. The Kier molecular flexibility index (Phi) is 4.57. The molecule has 0 saturated carbocycles. The van der Waals surface area contributed by atoms with Gasteiger partial charge in [0.1, 0.15) is 9.84 Å². The fourth-order valence-electron chi connectivity index (χ4n) is 2.00. The molecule has 5 nitrogen and oxygen atoms in total. The van der Waals surface area contributed by atoms with E-state index in [0.29, 0.717) is 6.54 Å². The molecule has 6 heteroatoms. The predicted octanol–water partition coefficient (Wildman–Crippen LogP) is 1.39. The molecule has 0 saturated heterocycles. The molecule has 0 amide bonds. The molecule has 0 aliphatic rings. The quantitative estimate of drug-likeness (QED) is 0.874. The van der Waals surface area contributed by atoms with E-state index in [1.54, 1.807) is 12.5 Å². The van der Waals surface area contributed by atoms with Crippen molar-refractivity contribution >= 4 is 9.84 Å². The first kappa shape index (κ1) is 14.7. The van der Waals surface area contributed by atoms with Crippen molar-refractivity contribution in [3.63, 3.8) is 0 Å². The summed E-state index contributed by atoms with van der Waals surface area (Å²) in [5, 5.41) is 3.21. The van der Waals surface area contributed by atoms with Crippen LogP contribution >= 0.6 is 0 Å². The molecule has 0 bridgehead atoms. The fraction of sp³-hybridized carbons (Fsp3) is 0.357. The lowest BCUT2D eigenvalue weighted by molar-refractivity contribution is 0.560. The van der Waals surface area contributed by atoms with E-state index < -0.39 is 9.84 Å². The largest absolute Gasteiger partial charge is 0.309 e. The van der Waals surface area contributed by atoms with Crippen LogP contribution in [0.5, 0.6) is 0 Å². The van der Waals surface area contributed by atoms with Crippen LogP contribution < -0.4 is 5.32 Å². The van der Waals surface area contributed by atoms with Gasteiger partial charge in [0.15, 0.2) is 0 Å². The summed E-state index contributed by atoms with van der Waals surface area (Å²) in [5.41, 5.74) is 2.17. The highest BCUT2D eigenvalue weighted by molar-refractivity contribution is 7.90. The Labute approximate surface area is 119 Å². The number of rotatable bonds is 6. The molecule has 0 fully saturated rings. The van der Waals surface area contributed by atoms with Gasteiger partial charge in [0.05, 0.1) is 12.1 Å². The van der Waals surface area contributed by atoms with Gasteiger partial charge in [-0.05, 0) is 24.6 Å². The molecule has 20 heavy (non-hydrogen) atoms. The molecule has 0 aliphatic carbocycles. The Morgan fingerprint density at radius 1 is 1.30 bits per heavy atom. The molecule has 0 radical (unpaired) electrons. The summed E-state index contributed by atoms with van der Waals surface area (Å²) in [4.78, 5) is 4.01. The zero-order chi connectivity index (χ0) is 14.6. The highest BCUT2D eigenvalue weighted by atomic mass is 32.2. The predicted molar refractivity (Wildman–Crippen MR) is 79.6 cm³/mol. The summed E-state index contributed by atoms with van der Waals surface area (Å²) in [6.07, 6.45) is 6.64. The first-order chi connectivity index (χ1) is 9.44. The summed E-state index contributed by atoms with van der Waals surface area (Å²) < 4.78 is 24.3. The first-order valence-electron chi connectivity index (χ1n) is 6.42. The van der Waals surface area contributed by atoms with Gasteiger partial charge in [-0.2, -0.15) is 0 Å². The standard InChI is InChI=1S/C14H19N3O2S/c1-12(10-20(2,18)19)16-9-13-3-5-14(6-4-13)17-8-7-15-11-17/h3-8,11-12,16H,9-10H2,1-2H3. The molecular formula is C14H19N3O2S. The fourth-order valence-corrected chi connectivity index (χ4v) is 3.03. The molecule has 1 aromatic heterocycles. The number of hydrogen-bond acceptors (Lipinski definition) is 4. The van der Waals surface area contributed by atoms with Crippen LogP contribution in [0, 0.1) is 0 Å². The minimum atomic E-state index is -2.94. The van der Waals surface area contributed by atoms with Crippen molar-refractivity contribution in [2.75, 3.05) is 12.0 Å². The third-order valence-electron chi connectivity index (χ3n) is 2.95. The summed E-state index contributed by atoms with van der Waals surface area (Å²) in [5.74, 6) is 0.153. The molecule has 108 valence electrons. The molecule has 0 spiro atoms. The summed E-state index contributed by atoms with van der Waals surface area (Å²) in [6, 6.07) is 8.02. The zero-order valence-electron chi connectivity index (χ0n) is 11.7. The number of benzene rings is 1. The molecular weight excluding hydrogens is 274 g/mol. The van der Waals surface area contributed by atoms with Crippen LogP contribution in [0.15, 0.2) is 43.0 Å². The van der Waals surface area contributed by atoms with Crippen molar-refractivity contribution in [3.05, 3.63) is 48.5 Å². The number of imidazole rings is 1. The van der Waals surface area contributed by atoms with Gasteiger partial charge in [-0.15, -0.1) is 0 Å². The van der Waals surface area contributed by atoms with Crippen molar-refractivity contribution in [1.82, 2.24) is 14.9 Å². The van der Waals surface area contributed by atoms with E-state index in [2.05, 4.69) is 10.3 Å². The van der Waals surface area contributed by atoms with Gasteiger partial charge in [-0.3, -0.25) is 0 Å². The second-order valence-corrected chi connectivity index (χ2v) is 7.20.